The lowest BCUT2D eigenvalue weighted by Crippen LogP contribution is -2.16. The van der Waals surface area contributed by atoms with Gasteiger partial charge in [0.25, 0.3) is 0 Å². The van der Waals surface area contributed by atoms with E-state index in [4.69, 9.17) is 15.9 Å². The van der Waals surface area contributed by atoms with Crippen molar-refractivity contribution in [2.75, 3.05) is 13.6 Å². The van der Waals surface area contributed by atoms with Crippen LogP contribution in [0.25, 0.3) is 0 Å². The Labute approximate surface area is 54.9 Å². The molecule has 0 amide bonds. The molecule has 0 aliphatic rings. The van der Waals surface area contributed by atoms with Crippen LogP contribution in [-0.2, 0) is 10.2 Å². The van der Waals surface area contributed by atoms with Gasteiger partial charge in [0.15, 0.2) is 10.2 Å². The van der Waals surface area contributed by atoms with E-state index in [2.05, 4.69) is 0 Å². The van der Waals surface area contributed by atoms with Crippen molar-refractivity contribution in [3.63, 3.8) is 0 Å². The molecule has 0 aliphatic heterocycles. The molecule has 1 unspecified atom stereocenters. The number of hydrogen-bond donors (Lipinski definition) is 0. The predicted octanol–water partition coefficient (Wildman–Crippen LogP) is 0.259. The van der Waals surface area contributed by atoms with Crippen molar-refractivity contribution in [2.24, 2.45) is 0 Å². The summed E-state index contributed by atoms with van der Waals surface area (Å²) >= 11 is 0. The second-order valence-electron chi connectivity index (χ2n) is 1.15. The van der Waals surface area contributed by atoms with Gasteiger partial charge in [-0.3, -0.25) is 0 Å². The number of rotatable bonds is 2. The molecule has 0 aromatic rings. The van der Waals surface area contributed by atoms with Crippen molar-refractivity contribution in [1.29, 1.82) is 5.26 Å². The fourth-order valence-corrected chi connectivity index (χ4v) is 0.456. The summed E-state index contributed by atoms with van der Waals surface area (Å²) in [7, 11) is 5.03. The minimum absolute atomic E-state index is 0.0934. The second kappa shape index (κ2) is 3.84. The smallest absolute Gasteiger partial charge is 0.192 e. The lowest BCUT2D eigenvalue weighted by Gasteiger charge is -2.02. The Morgan fingerprint density at radius 2 is 2.50 bits per heavy atom. The van der Waals surface area contributed by atoms with Gasteiger partial charge in [0.1, 0.15) is 0 Å². The molecular weight excluding hydrogens is 148 g/mol. The molecule has 3 nitrogen and oxygen atoms in total. The maximum atomic E-state index is 10.2. The zero-order valence-corrected chi connectivity index (χ0v) is 5.87. The fraction of sp³-hybridized carbons (Fsp3) is 0.667. The predicted molar refractivity (Wildman–Crippen MR) is 32.2 cm³/mol. The molecule has 0 spiro atoms. The van der Waals surface area contributed by atoms with Crippen molar-refractivity contribution in [3.05, 3.63) is 0 Å². The largest absolute Gasteiger partial charge is 0.225 e. The van der Waals surface area contributed by atoms with Gasteiger partial charge in [0.05, 0.1) is 12.6 Å². The molecule has 0 radical (unpaired) electrons. The van der Waals surface area contributed by atoms with Crippen LogP contribution in [0.15, 0.2) is 0 Å². The van der Waals surface area contributed by atoms with Crippen LogP contribution in [-0.4, -0.2) is 22.1 Å². The van der Waals surface area contributed by atoms with Gasteiger partial charge in [0.2, 0.25) is 0 Å². The standard InChI is InChI=1S/C3H5ClN2OS/c1-6(3-2-5)8(4)7/h3H2,1H3. The third-order valence-electron chi connectivity index (χ3n) is 0.538. The molecule has 0 rings (SSSR count). The molecule has 0 saturated heterocycles. The third kappa shape index (κ3) is 2.97. The van der Waals surface area contributed by atoms with E-state index in [9.17, 15) is 4.21 Å². The Hall–Kier alpha value is -0.110. The highest BCUT2D eigenvalue weighted by molar-refractivity contribution is 8.06. The third-order valence-corrected chi connectivity index (χ3v) is 1.86. The van der Waals surface area contributed by atoms with E-state index in [1.165, 1.54) is 11.4 Å². The molecule has 0 aromatic carbocycles. The molecule has 0 heterocycles. The van der Waals surface area contributed by atoms with E-state index in [1.807, 2.05) is 0 Å². The zero-order valence-electron chi connectivity index (χ0n) is 4.30. The monoisotopic (exact) mass is 152 g/mol. The maximum Gasteiger partial charge on any atom is 0.192 e. The summed E-state index contributed by atoms with van der Waals surface area (Å²) in [6.45, 7) is 0.0934. The number of nitrogens with zero attached hydrogens (tertiary/aromatic N) is 2. The average molecular weight is 153 g/mol. The van der Waals surface area contributed by atoms with Crippen LogP contribution in [0.4, 0.5) is 0 Å². The van der Waals surface area contributed by atoms with Crippen LogP contribution in [0, 0.1) is 11.3 Å². The molecule has 0 N–H and O–H groups in total. The lowest BCUT2D eigenvalue weighted by atomic mass is 10.7. The highest BCUT2D eigenvalue weighted by Gasteiger charge is 2.00. The number of halogens is 1. The summed E-state index contributed by atoms with van der Waals surface area (Å²) in [5, 5.41) is 8.00. The zero-order chi connectivity index (χ0) is 6.57. The van der Waals surface area contributed by atoms with Gasteiger partial charge in [-0.15, -0.1) is 0 Å². The molecular formula is C3H5ClN2OS. The summed E-state index contributed by atoms with van der Waals surface area (Å²) in [5.74, 6) is 0. The average Bonchev–Trinajstić information content (AvgIpc) is 1.67. The first-order valence-electron chi connectivity index (χ1n) is 1.84. The Morgan fingerprint density at radius 1 is 2.00 bits per heavy atom. The van der Waals surface area contributed by atoms with Crippen LogP contribution in [0.2, 0.25) is 0 Å². The highest BCUT2D eigenvalue weighted by atomic mass is 35.7. The van der Waals surface area contributed by atoms with Crippen LogP contribution in [0.1, 0.15) is 0 Å². The first-order valence-corrected chi connectivity index (χ1v) is 3.78. The summed E-state index contributed by atoms with van der Waals surface area (Å²) in [6.07, 6.45) is 0. The first kappa shape index (κ1) is 7.89. The normalized spacial score (nSPS) is 13.2. The number of nitriles is 1. The Morgan fingerprint density at radius 3 is 2.62 bits per heavy atom. The quantitative estimate of drug-likeness (QED) is 0.421. The molecule has 0 fully saturated rings. The Kier molecular flexibility index (Phi) is 3.79. The fourth-order valence-electron chi connectivity index (χ4n) is 0.150. The molecule has 8 heavy (non-hydrogen) atoms. The summed E-state index contributed by atoms with van der Waals surface area (Å²) in [6, 6.07) is 1.80. The van der Waals surface area contributed by atoms with Gasteiger partial charge in [0, 0.05) is 17.7 Å². The first-order chi connectivity index (χ1) is 3.68. The van der Waals surface area contributed by atoms with Crippen molar-refractivity contribution in [3.8, 4) is 6.07 Å². The summed E-state index contributed by atoms with van der Waals surface area (Å²) in [5.41, 5.74) is 0. The summed E-state index contributed by atoms with van der Waals surface area (Å²) < 4.78 is 11.4. The van der Waals surface area contributed by atoms with Crippen molar-refractivity contribution in [1.82, 2.24) is 4.31 Å². The van der Waals surface area contributed by atoms with Gasteiger partial charge < -0.3 is 0 Å². The van der Waals surface area contributed by atoms with Gasteiger partial charge in [-0.1, -0.05) is 0 Å². The van der Waals surface area contributed by atoms with E-state index in [0.717, 1.165) is 0 Å². The summed E-state index contributed by atoms with van der Waals surface area (Å²) in [4.78, 5) is 0. The molecule has 0 aliphatic carbocycles. The van der Waals surface area contributed by atoms with E-state index in [1.54, 1.807) is 6.07 Å². The molecule has 5 heteroatoms. The Balaban J connectivity index is 3.52. The van der Waals surface area contributed by atoms with Crippen molar-refractivity contribution in [2.45, 2.75) is 0 Å². The van der Waals surface area contributed by atoms with Crippen LogP contribution >= 0.6 is 10.7 Å². The van der Waals surface area contributed by atoms with Crippen LogP contribution in [0.5, 0.6) is 0 Å². The topological polar surface area (TPSA) is 44.1 Å². The molecule has 46 valence electrons. The van der Waals surface area contributed by atoms with E-state index in [-0.39, 0.29) is 6.54 Å². The minimum Gasteiger partial charge on any atom is -0.225 e. The van der Waals surface area contributed by atoms with Gasteiger partial charge >= 0.3 is 0 Å². The van der Waals surface area contributed by atoms with Gasteiger partial charge in [-0.2, -0.15) is 5.26 Å². The van der Waals surface area contributed by atoms with Crippen LogP contribution < -0.4 is 0 Å². The van der Waals surface area contributed by atoms with Crippen LogP contribution in [0.3, 0.4) is 0 Å². The van der Waals surface area contributed by atoms with Gasteiger partial charge in [-0.05, 0) is 0 Å². The van der Waals surface area contributed by atoms with Crippen molar-refractivity contribution < 1.29 is 4.21 Å². The minimum atomic E-state index is -1.53. The second-order valence-corrected chi connectivity index (χ2v) is 2.98. The highest BCUT2D eigenvalue weighted by Crippen LogP contribution is 1.92. The van der Waals surface area contributed by atoms with Crippen molar-refractivity contribution >= 4 is 20.9 Å². The van der Waals surface area contributed by atoms with Gasteiger partial charge in [-0.25, -0.2) is 8.51 Å². The molecule has 1 atom stereocenters. The molecule has 0 saturated carbocycles. The SMILES string of the molecule is CN(CC#N)S(=O)Cl. The number of hydrogen-bond acceptors (Lipinski definition) is 2. The molecule has 0 aromatic heterocycles. The maximum absolute atomic E-state index is 10.2. The van der Waals surface area contributed by atoms with E-state index in [0.29, 0.717) is 0 Å². The Bertz CT molecular complexity index is 132. The molecule has 0 bridgehead atoms. The van der Waals surface area contributed by atoms with E-state index >= 15 is 0 Å². The van der Waals surface area contributed by atoms with E-state index < -0.39 is 10.2 Å². The lowest BCUT2D eigenvalue weighted by molar-refractivity contribution is 0.585.